The first kappa shape index (κ1) is 22.8. The van der Waals surface area contributed by atoms with Crippen LogP contribution in [0.2, 0.25) is 0 Å². The van der Waals surface area contributed by atoms with E-state index < -0.39 is 5.91 Å². The number of benzene rings is 2. The highest BCUT2D eigenvalue weighted by molar-refractivity contribution is 5.94. The average Bonchev–Trinajstić information content (AvgIpc) is 2.72. The van der Waals surface area contributed by atoms with Crippen molar-refractivity contribution < 1.29 is 14.3 Å². The molecular formula is C25H33N3O3. The standard InChI is InChI=1S/C25H33N3O3/c1-17-13-18(2)15-28(14-17)25(3,4)16-27-24(30)20-7-11-22(12-8-20)31-21-9-5-19(6-10-21)23(26)29/h5-12,17-18H,13-16H2,1-4H3,(H2,26,29)(H,27,30). The lowest BCUT2D eigenvalue weighted by Crippen LogP contribution is -2.56. The van der Waals surface area contributed by atoms with Gasteiger partial charge >= 0.3 is 0 Å². The summed E-state index contributed by atoms with van der Waals surface area (Å²) in [5, 5.41) is 3.09. The number of primary amides is 1. The van der Waals surface area contributed by atoms with Crippen LogP contribution >= 0.6 is 0 Å². The van der Waals surface area contributed by atoms with Gasteiger partial charge in [-0.3, -0.25) is 14.5 Å². The third-order valence-electron chi connectivity index (χ3n) is 5.90. The maximum atomic E-state index is 12.7. The van der Waals surface area contributed by atoms with Crippen molar-refractivity contribution >= 4 is 11.8 Å². The summed E-state index contributed by atoms with van der Waals surface area (Å²) in [4.78, 5) is 26.3. The molecule has 6 heteroatoms. The predicted octanol–water partition coefficient (Wildman–Crippen LogP) is 4.06. The fourth-order valence-corrected chi connectivity index (χ4v) is 4.17. The molecule has 0 spiro atoms. The van der Waals surface area contributed by atoms with Gasteiger partial charge in [-0.25, -0.2) is 0 Å². The van der Waals surface area contributed by atoms with Crippen LogP contribution in [-0.2, 0) is 0 Å². The number of nitrogens with one attached hydrogen (secondary N) is 1. The van der Waals surface area contributed by atoms with Crippen molar-refractivity contribution in [2.45, 2.75) is 39.7 Å². The third-order valence-corrected chi connectivity index (χ3v) is 5.90. The number of rotatable bonds is 7. The Morgan fingerprint density at radius 1 is 0.968 bits per heavy atom. The molecule has 0 radical (unpaired) electrons. The Balaban J connectivity index is 1.55. The molecule has 2 aromatic rings. The monoisotopic (exact) mass is 423 g/mol. The Morgan fingerprint density at radius 2 is 1.45 bits per heavy atom. The van der Waals surface area contributed by atoms with E-state index in [0.717, 1.165) is 13.1 Å². The Bertz CT molecular complexity index is 897. The van der Waals surface area contributed by atoms with E-state index in [9.17, 15) is 9.59 Å². The molecule has 0 saturated carbocycles. The van der Waals surface area contributed by atoms with Gasteiger partial charge in [-0.2, -0.15) is 0 Å². The van der Waals surface area contributed by atoms with E-state index in [-0.39, 0.29) is 11.4 Å². The molecule has 1 heterocycles. The quantitative estimate of drug-likeness (QED) is 0.703. The number of likely N-dealkylation sites (tertiary alicyclic amines) is 1. The molecule has 6 nitrogen and oxygen atoms in total. The number of carbonyl (C=O) groups excluding carboxylic acids is 2. The van der Waals surface area contributed by atoms with E-state index in [0.29, 0.717) is 41.0 Å². The van der Waals surface area contributed by atoms with Crippen LogP contribution in [0.15, 0.2) is 48.5 Å². The first-order valence-corrected chi connectivity index (χ1v) is 10.8. The van der Waals surface area contributed by atoms with Gasteiger partial charge in [0.1, 0.15) is 11.5 Å². The number of amides is 2. The van der Waals surface area contributed by atoms with Crippen molar-refractivity contribution in [3.63, 3.8) is 0 Å². The van der Waals surface area contributed by atoms with Crippen LogP contribution in [0, 0.1) is 11.8 Å². The smallest absolute Gasteiger partial charge is 0.251 e. The number of carbonyl (C=O) groups is 2. The highest BCUT2D eigenvalue weighted by atomic mass is 16.5. The maximum absolute atomic E-state index is 12.7. The zero-order valence-corrected chi connectivity index (χ0v) is 18.9. The molecule has 1 saturated heterocycles. The molecule has 2 unspecified atom stereocenters. The first-order chi connectivity index (χ1) is 14.6. The summed E-state index contributed by atoms with van der Waals surface area (Å²) < 4.78 is 5.77. The summed E-state index contributed by atoms with van der Waals surface area (Å²) in [6, 6.07) is 13.6. The molecule has 1 aliphatic rings. The average molecular weight is 424 g/mol. The van der Waals surface area contributed by atoms with Crippen LogP contribution in [0.25, 0.3) is 0 Å². The molecule has 1 fully saturated rings. The molecule has 1 aliphatic heterocycles. The molecule has 0 aliphatic carbocycles. The molecule has 31 heavy (non-hydrogen) atoms. The van der Waals surface area contributed by atoms with Crippen molar-refractivity contribution in [2.24, 2.45) is 17.6 Å². The zero-order valence-electron chi connectivity index (χ0n) is 18.9. The molecule has 166 valence electrons. The van der Waals surface area contributed by atoms with Gasteiger partial charge in [0.05, 0.1) is 0 Å². The Hall–Kier alpha value is -2.86. The number of nitrogens with zero attached hydrogens (tertiary/aromatic N) is 1. The topological polar surface area (TPSA) is 84.7 Å². The SMILES string of the molecule is CC1CC(C)CN(C(C)(C)CNC(=O)c2ccc(Oc3ccc(C(N)=O)cc3)cc2)C1. The Labute approximate surface area is 184 Å². The summed E-state index contributed by atoms with van der Waals surface area (Å²) in [5.41, 5.74) is 6.17. The lowest BCUT2D eigenvalue weighted by atomic mass is 9.88. The highest BCUT2D eigenvalue weighted by Gasteiger charge is 2.32. The van der Waals surface area contributed by atoms with Gasteiger partial charge in [-0.15, -0.1) is 0 Å². The second kappa shape index (κ2) is 9.52. The lowest BCUT2D eigenvalue weighted by molar-refractivity contribution is 0.0445. The number of hydrogen-bond donors (Lipinski definition) is 2. The summed E-state index contributed by atoms with van der Waals surface area (Å²) in [6.45, 7) is 11.7. The van der Waals surface area contributed by atoms with Gasteiger partial charge in [0.25, 0.3) is 5.91 Å². The highest BCUT2D eigenvalue weighted by Crippen LogP contribution is 2.27. The summed E-state index contributed by atoms with van der Waals surface area (Å²) in [7, 11) is 0. The van der Waals surface area contributed by atoms with Crippen molar-refractivity contribution in [3.8, 4) is 11.5 Å². The van der Waals surface area contributed by atoms with Crippen LogP contribution in [0.4, 0.5) is 0 Å². The third kappa shape index (κ3) is 6.07. The normalized spacial score (nSPS) is 19.6. The summed E-state index contributed by atoms with van der Waals surface area (Å²) in [6.07, 6.45) is 1.27. The molecule has 0 aromatic heterocycles. The first-order valence-electron chi connectivity index (χ1n) is 10.8. The minimum Gasteiger partial charge on any atom is -0.457 e. The van der Waals surface area contributed by atoms with E-state index in [1.54, 1.807) is 48.5 Å². The largest absolute Gasteiger partial charge is 0.457 e. The predicted molar refractivity (Wildman–Crippen MR) is 122 cm³/mol. The number of piperidine rings is 1. The van der Waals surface area contributed by atoms with Crippen molar-refractivity contribution in [1.29, 1.82) is 0 Å². The molecule has 2 atom stereocenters. The number of ether oxygens (including phenoxy) is 1. The zero-order chi connectivity index (χ0) is 22.6. The lowest BCUT2D eigenvalue weighted by Gasteiger charge is -2.45. The number of nitrogens with two attached hydrogens (primary N) is 1. The van der Waals surface area contributed by atoms with Crippen LogP contribution in [0.5, 0.6) is 11.5 Å². The van der Waals surface area contributed by atoms with E-state index >= 15 is 0 Å². The molecule has 2 aromatic carbocycles. The van der Waals surface area contributed by atoms with E-state index in [2.05, 4.69) is 37.9 Å². The van der Waals surface area contributed by atoms with E-state index in [1.807, 2.05) is 0 Å². The molecular weight excluding hydrogens is 390 g/mol. The Morgan fingerprint density at radius 3 is 1.94 bits per heavy atom. The van der Waals surface area contributed by atoms with Gasteiger partial charge in [0.15, 0.2) is 0 Å². The Kier molecular flexibility index (Phi) is 7.01. The van der Waals surface area contributed by atoms with Crippen LogP contribution in [0.3, 0.4) is 0 Å². The van der Waals surface area contributed by atoms with Gasteiger partial charge in [0, 0.05) is 36.3 Å². The van der Waals surface area contributed by atoms with E-state index in [1.165, 1.54) is 6.42 Å². The summed E-state index contributed by atoms with van der Waals surface area (Å²) >= 11 is 0. The fraction of sp³-hybridized carbons (Fsp3) is 0.440. The molecule has 3 N–H and O–H groups in total. The minimum absolute atomic E-state index is 0.0939. The van der Waals surface area contributed by atoms with Gasteiger partial charge in [0.2, 0.25) is 5.91 Å². The van der Waals surface area contributed by atoms with Crippen LogP contribution in [-0.4, -0.2) is 41.9 Å². The minimum atomic E-state index is -0.477. The van der Waals surface area contributed by atoms with Crippen molar-refractivity contribution in [1.82, 2.24) is 10.2 Å². The van der Waals surface area contributed by atoms with Crippen LogP contribution < -0.4 is 15.8 Å². The van der Waals surface area contributed by atoms with E-state index in [4.69, 9.17) is 10.5 Å². The molecule has 3 rings (SSSR count). The fourth-order valence-electron chi connectivity index (χ4n) is 4.17. The van der Waals surface area contributed by atoms with Gasteiger partial charge < -0.3 is 15.8 Å². The second-order valence-electron chi connectivity index (χ2n) is 9.36. The van der Waals surface area contributed by atoms with Gasteiger partial charge in [-0.1, -0.05) is 13.8 Å². The van der Waals surface area contributed by atoms with Crippen molar-refractivity contribution in [3.05, 3.63) is 59.7 Å². The maximum Gasteiger partial charge on any atom is 0.251 e. The van der Waals surface area contributed by atoms with Crippen LogP contribution in [0.1, 0.15) is 54.8 Å². The van der Waals surface area contributed by atoms with Gasteiger partial charge in [-0.05, 0) is 80.6 Å². The second-order valence-corrected chi connectivity index (χ2v) is 9.36. The molecule has 0 bridgehead atoms. The number of hydrogen-bond acceptors (Lipinski definition) is 4. The summed E-state index contributed by atoms with van der Waals surface area (Å²) in [5.74, 6) is 1.99. The molecule has 2 amide bonds. The van der Waals surface area contributed by atoms with Crippen molar-refractivity contribution in [2.75, 3.05) is 19.6 Å².